The van der Waals surface area contributed by atoms with Gasteiger partial charge in [-0.3, -0.25) is 9.59 Å². The van der Waals surface area contributed by atoms with Crippen molar-refractivity contribution < 1.29 is 18.8 Å². The molecule has 3 rings (SSSR count). The first kappa shape index (κ1) is 19.9. The van der Waals surface area contributed by atoms with Crippen LogP contribution in [0.15, 0.2) is 28.8 Å². The molecule has 0 saturated carbocycles. The Kier molecular flexibility index (Phi) is 6.28. The first-order valence-electron chi connectivity index (χ1n) is 9.54. The van der Waals surface area contributed by atoms with Gasteiger partial charge in [-0.05, 0) is 25.5 Å². The minimum Gasteiger partial charge on any atom is -0.496 e. The summed E-state index contributed by atoms with van der Waals surface area (Å²) in [6.07, 6.45) is 1.50. The number of carbonyl (C=O) groups excluding carboxylic acids is 2. The highest BCUT2D eigenvalue weighted by atomic mass is 16.5. The van der Waals surface area contributed by atoms with E-state index in [-0.39, 0.29) is 17.9 Å². The number of nitrogens with zero attached hydrogens (tertiary/aromatic N) is 4. The van der Waals surface area contributed by atoms with Gasteiger partial charge in [-0.1, -0.05) is 17.3 Å². The quantitative estimate of drug-likeness (QED) is 0.724. The molecule has 1 atom stereocenters. The summed E-state index contributed by atoms with van der Waals surface area (Å²) in [5, 5.41) is 4.00. The fraction of sp³-hybridized carbons (Fsp3) is 0.500. The van der Waals surface area contributed by atoms with Gasteiger partial charge in [0.25, 0.3) is 0 Å². The van der Waals surface area contributed by atoms with Crippen LogP contribution in [0.3, 0.4) is 0 Å². The van der Waals surface area contributed by atoms with Crippen molar-refractivity contribution in [1.82, 2.24) is 19.9 Å². The second-order valence-electron chi connectivity index (χ2n) is 6.80. The average Bonchev–Trinajstić information content (AvgIpc) is 3.36. The Balaban J connectivity index is 1.56. The van der Waals surface area contributed by atoms with E-state index in [1.54, 1.807) is 14.0 Å². The lowest BCUT2D eigenvalue weighted by Crippen LogP contribution is -2.41. The molecule has 0 aliphatic carbocycles. The Bertz CT molecular complexity index is 835. The molecule has 1 aromatic heterocycles. The summed E-state index contributed by atoms with van der Waals surface area (Å²) in [6, 6.07) is 7.54. The number of aryl methyl sites for hydroxylation is 1. The third-order valence-electron chi connectivity index (χ3n) is 5.07. The highest BCUT2D eigenvalue weighted by Gasteiger charge is 2.30. The van der Waals surface area contributed by atoms with E-state index in [2.05, 4.69) is 10.1 Å². The van der Waals surface area contributed by atoms with Crippen molar-refractivity contribution in [2.75, 3.05) is 26.7 Å². The van der Waals surface area contributed by atoms with Crippen LogP contribution in [-0.4, -0.2) is 64.5 Å². The SMILES string of the molecule is CCN(C(C)=O)[C@@H]1CCN(C(=O)CCc2nc(-c3ccccc3OC)no2)C1. The smallest absolute Gasteiger partial charge is 0.227 e. The third-order valence-corrected chi connectivity index (χ3v) is 5.07. The molecule has 2 heterocycles. The fourth-order valence-electron chi connectivity index (χ4n) is 3.63. The summed E-state index contributed by atoms with van der Waals surface area (Å²) in [6.45, 7) is 5.45. The number of hydrogen-bond donors (Lipinski definition) is 0. The number of hydrogen-bond acceptors (Lipinski definition) is 6. The van der Waals surface area contributed by atoms with Crippen molar-refractivity contribution in [2.45, 2.75) is 39.2 Å². The molecule has 8 heteroatoms. The zero-order chi connectivity index (χ0) is 20.1. The van der Waals surface area contributed by atoms with E-state index in [0.29, 0.717) is 49.9 Å². The maximum atomic E-state index is 12.5. The van der Waals surface area contributed by atoms with Crippen molar-refractivity contribution in [3.63, 3.8) is 0 Å². The van der Waals surface area contributed by atoms with Gasteiger partial charge in [0.15, 0.2) is 0 Å². The van der Waals surface area contributed by atoms with E-state index in [9.17, 15) is 9.59 Å². The molecular formula is C20H26N4O4. The van der Waals surface area contributed by atoms with Gasteiger partial charge in [0, 0.05) is 39.4 Å². The summed E-state index contributed by atoms with van der Waals surface area (Å²) >= 11 is 0. The zero-order valence-corrected chi connectivity index (χ0v) is 16.6. The fourth-order valence-corrected chi connectivity index (χ4v) is 3.63. The van der Waals surface area contributed by atoms with Gasteiger partial charge in [-0.15, -0.1) is 0 Å². The maximum Gasteiger partial charge on any atom is 0.227 e. The second-order valence-corrected chi connectivity index (χ2v) is 6.80. The van der Waals surface area contributed by atoms with Crippen LogP contribution in [0.5, 0.6) is 5.75 Å². The molecule has 1 fully saturated rings. The molecule has 1 aliphatic heterocycles. The molecule has 2 amide bonds. The Morgan fingerprint density at radius 3 is 2.86 bits per heavy atom. The van der Waals surface area contributed by atoms with E-state index in [1.165, 1.54) is 0 Å². The summed E-state index contributed by atoms with van der Waals surface area (Å²) in [4.78, 5) is 32.3. The van der Waals surface area contributed by atoms with Crippen molar-refractivity contribution in [3.05, 3.63) is 30.2 Å². The van der Waals surface area contributed by atoms with Crippen LogP contribution in [0.1, 0.15) is 32.6 Å². The van der Waals surface area contributed by atoms with Crippen molar-refractivity contribution in [2.24, 2.45) is 0 Å². The van der Waals surface area contributed by atoms with Gasteiger partial charge in [-0.25, -0.2) is 0 Å². The van der Waals surface area contributed by atoms with Gasteiger partial charge < -0.3 is 19.1 Å². The van der Waals surface area contributed by atoms with E-state index >= 15 is 0 Å². The molecule has 1 aromatic carbocycles. The number of methoxy groups -OCH3 is 1. The van der Waals surface area contributed by atoms with Crippen molar-refractivity contribution in [1.29, 1.82) is 0 Å². The Morgan fingerprint density at radius 1 is 1.36 bits per heavy atom. The first-order valence-corrected chi connectivity index (χ1v) is 9.54. The lowest BCUT2D eigenvalue weighted by molar-refractivity contribution is -0.133. The summed E-state index contributed by atoms with van der Waals surface area (Å²) in [5.41, 5.74) is 0.748. The van der Waals surface area contributed by atoms with Crippen LogP contribution in [0.25, 0.3) is 11.4 Å². The summed E-state index contributed by atoms with van der Waals surface area (Å²) < 4.78 is 10.6. The molecule has 1 aliphatic rings. The van der Waals surface area contributed by atoms with E-state index in [4.69, 9.17) is 9.26 Å². The summed E-state index contributed by atoms with van der Waals surface area (Å²) in [7, 11) is 1.59. The number of amides is 2. The van der Waals surface area contributed by atoms with Crippen LogP contribution in [0.2, 0.25) is 0 Å². The minimum atomic E-state index is 0.0409. The molecule has 0 radical (unpaired) electrons. The van der Waals surface area contributed by atoms with Crippen LogP contribution in [-0.2, 0) is 16.0 Å². The zero-order valence-electron chi connectivity index (χ0n) is 16.6. The largest absolute Gasteiger partial charge is 0.496 e. The van der Waals surface area contributed by atoms with Crippen molar-refractivity contribution in [3.8, 4) is 17.1 Å². The lowest BCUT2D eigenvalue weighted by Gasteiger charge is -2.26. The molecule has 0 spiro atoms. The van der Waals surface area contributed by atoms with Crippen LogP contribution < -0.4 is 4.74 Å². The van der Waals surface area contributed by atoms with Crippen LogP contribution in [0.4, 0.5) is 0 Å². The van der Waals surface area contributed by atoms with E-state index in [1.807, 2.05) is 41.0 Å². The van der Waals surface area contributed by atoms with E-state index in [0.717, 1.165) is 12.0 Å². The number of ether oxygens (including phenoxy) is 1. The predicted molar refractivity (Wildman–Crippen MR) is 103 cm³/mol. The number of carbonyl (C=O) groups is 2. The third kappa shape index (κ3) is 4.32. The number of aromatic nitrogens is 2. The standard InChI is InChI=1S/C20H26N4O4/c1-4-24(14(2)25)15-11-12-23(13-15)19(26)10-9-18-21-20(22-28-18)16-7-5-6-8-17(16)27-3/h5-8,15H,4,9-13H2,1-3H3/t15-/m1/s1. The number of benzene rings is 1. The van der Waals surface area contributed by atoms with Gasteiger partial charge in [0.2, 0.25) is 23.5 Å². The normalized spacial score (nSPS) is 16.2. The molecule has 1 saturated heterocycles. The molecule has 28 heavy (non-hydrogen) atoms. The topological polar surface area (TPSA) is 88.8 Å². The Labute approximate surface area is 164 Å². The Hall–Kier alpha value is -2.90. The molecule has 8 nitrogen and oxygen atoms in total. The molecule has 0 unspecified atom stereocenters. The van der Waals surface area contributed by atoms with E-state index < -0.39 is 0 Å². The molecule has 150 valence electrons. The number of para-hydroxylation sites is 1. The first-order chi connectivity index (χ1) is 13.5. The predicted octanol–water partition coefficient (Wildman–Crippen LogP) is 2.15. The van der Waals surface area contributed by atoms with Gasteiger partial charge >= 0.3 is 0 Å². The highest BCUT2D eigenvalue weighted by molar-refractivity contribution is 5.77. The molecule has 0 bridgehead atoms. The number of likely N-dealkylation sites (tertiary alicyclic amines) is 1. The highest BCUT2D eigenvalue weighted by Crippen LogP contribution is 2.27. The minimum absolute atomic E-state index is 0.0409. The van der Waals surface area contributed by atoms with Gasteiger partial charge in [0.1, 0.15) is 5.75 Å². The van der Waals surface area contributed by atoms with Crippen LogP contribution in [0, 0.1) is 0 Å². The Morgan fingerprint density at radius 2 is 2.14 bits per heavy atom. The molecular weight excluding hydrogens is 360 g/mol. The molecule has 0 N–H and O–H groups in total. The van der Waals surface area contributed by atoms with Crippen LogP contribution >= 0.6 is 0 Å². The molecule has 2 aromatic rings. The maximum absolute atomic E-state index is 12.5. The lowest BCUT2D eigenvalue weighted by atomic mass is 10.2. The van der Waals surface area contributed by atoms with Gasteiger partial charge in [0.05, 0.1) is 18.7 Å². The second kappa shape index (κ2) is 8.86. The average molecular weight is 386 g/mol. The van der Waals surface area contributed by atoms with Gasteiger partial charge in [-0.2, -0.15) is 4.98 Å². The number of likely N-dealkylation sites (N-methyl/N-ethyl adjacent to an activating group) is 1. The van der Waals surface area contributed by atoms with Crippen molar-refractivity contribution >= 4 is 11.8 Å². The monoisotopic (exact) mass is 386 g/mol. The summed E-state index contributed by atoms with van der Waals surface area (Å²) in [5.74, 6) is 1.63. The number of rotatable bonds is 7.